The van der Waals surface area contributed by atoms with E-state index in [0.29, 0.717) is 25.1 Å². The Bertz CT molecular complexity index is 1180. The average Bonchev–Trinajstić information content (AvgIpc) is 3.52. The summed E-state index contributed by atoms with van der Waals surface area (Å²) in [5.41, 5.74) is 2.45. The molecule has 3 amide bonds. The number of hydrogen-bond donors (Lipinski definition) is 3. The molecule has 0 radical (unpaired) electrons. The Hall–Kier alpha value is -3.23. The van der Waals surface area contributed by atoms with Gasteiger partial charge in [0, 0.05) is 12.2 Å². The molecule has 1 spiro atoms. The van der Waals surface area contributed by atoms with Crippen molar-refractivity contribution in [2.45, 2.75) is 63.9 Å². The lowest BCUT2D eigenvalue weighted by atomic mass is 9.70. The summed E-state index contributed by atoms with van der Waals surface area (Å²) in [6, 6.07) is 13.9. The van der Waals surface area contributed by atoms with Crippen LogP contribution in [0.1, 0.15) is 36.5 Å². The number of ether oxygens (including phenoxy) is 1. The van der Waals surface area contributed by atoms with Crippen molar-refractivity contribution in [3.63, 3.8) is 0 Å². The average molecular weight is 492 g/mol. The number of aryl methyl sites for hydroxylation is 2. The first-order valence-electron chi connectivity index (χ1n) is 12.6. The van der Waals surface area contributed by atoms with Crippen molar-refractivity contribution in [1.82, 2.24) is 10.2 Å². The fourth-order valence-corrected chi connectivity index (χ4v) is 6.23. The Balaban J connectivity index is 1.45. The van der Waals surface area contributed by atoms with E-state index < -0.39 is 35.6 Å². The second-order valence-corrected chi connectivity index (χ2v) is 10.3. The number of anilines is 1. The molecule has 0 aliphatic carbocycles. The van der Waals surface area contributed by atoms with Gasteiger partial charge in [-0.2, -0.15) is 0 Å². The first-order chi connectivity index (χ1) is 17.3. The quantitative estimate of drug-likeness (QED) is 0.551. The van der Waals surface area contributed by atoms with Gasteiger partial charge in [-0.15, -0.1) is 0 Å². The van der Waals surface area contributed by atoms with Gasteiger partial charge in [-0.05, 0) is 56.4 Å². The lowest BCUT2D eigenvalue weighted by molar-refractivity contribution is -0.143. The zero-order chi connectivity index (χ0) is 25.6. The van der Waals surface area contributed by atoms with Crippen LogP contribution in [0, 0.1) is 25.7 Å². The number of aliphatic hydroxyl groups is 1. The van der Waals surface area contributed by atoms with Crippen LogP contribution in [-0.2, 0) is 25.7 Å². The number of benzene rings is 2. The van der Waals surface area contributed by atoms with E-state index in [2.05, 4.69) is 10.6 Å². The van der Waals surface area contributed by atoms with Gasteiger partial charge in [0.1, 0.15) is 11.6 Å². The molecule has 2 bridgehead atoms. The lowest BCUT2D eigenvalue weighted by Crippen LogP contribution is -2.55. The fourth-order valence-electron chi connectivity index (χ4n) is 6.23. The standard InChI is InChI=1S/C28H33N3O5/c1-16-9-10-17(2)20(13-16)30-26(34)24-28-12-11-21(36-28)22(23(28)27(35)31(24)18(3)15-32)25(33)29-14-19-7-5-4-6-8-19/h4-10,13,18,21-24,32H,11-12,14-15H2,1-3H3,(H,29,33)(H,30,34)/t18-,21+,22-,23+,24?,28?/m1/s1. The summed E-state index contributed by atoms with van der Waals surface area (Å²) in [5, 5.41) is 15.9. The van der Waals surface area contributed by atoms with Gasteiger partial charge >= 0.3 is 0 Å². The first kappa shape index (κ1) is 24.5. The van der Waals surface area contributed by atoms with E-state index >= 15 is 0 Å². The maximum absolute atomic E-state index is 13.8. The smallest absolute Gasteiger partial charge is 0.250 e. The molecule has 190 valence electrons. The largest absolute Gasteiger partial charge is 0.394 e. The molecule has 5 rings (SSSR count). The highest BCUT2D eigenvalue weighted by atomic mass is 16.5. The van der Waals surface area contributed by atoms with Crippen LogP contribution < -0.4 is 10.6 Å². The maximum Gasteiger partial charge on any atom is 0.250 e. The SMILES string of the molecule is Cc1ccc(C)c(NC(=O)C2N([C@H](C)CO)C(=O)[C@@H]3[C@H](C(=O)NCc4ccccc4)[C@@H]4CCC23O4)c1. The molecule has 0 saturated carbocycles. The molecular weight excluding hydrogens is 458 g/mol. The zero-order valence-electron chi connectivity index (χ0n) is 20.9. The molecule has 8 nitrogen and oxygen atoms in total. The molecule has 2 aromatic rings. The highest BCUT2D eigenvalue weighted by Crippen LogP contribution is 2.58. The van der Waals surface area contributed by atoms with Gasteiger partial charge < -0.3 is 25.4 Å². The van der Waals surface area contributed by atoms with E-state index in [0.717, 1.165) is 16.7 Å². The van der Waals surface area contributed by atoms with Crippen molar-refractivity contribution in [3.8, 4) is 0 Å². The predicted octanol–water partition coefficient (Wildman–Crippen LogP) is 2.31. The summed E-state index contributed by atoms with van der Waals surface area (Å²) in [4.78, 5) is 42.5. The summed E-state index contributed by atoms with van der Waals surface area (Å²) in [7, 11) is 0. The number of rotatable bonds is 7. The molecule has 3 aliphatic heterocycles. The minimum absolute atomic E-state index is 0.240. The van der Waals surface area contributed by atoms with Gasteiger partial charge in [0.2, 0.25) is 17.7 Å². The van der Waals surface area contributed by atoms with Crippen molar-refractivity contribution in [2.75, 3.05) is 11.9 Å². The molecule has 2 aromatic carbocycles. The summed E-state index contributed by atoms with van der Waals surface area (Å²) < 4.78 is 6.42. The summed E-state index contributed by atoms with van der Waals surface area (Å²) in [6.07, 6.45) is 0.690. The van der Waals surface area contributed by atoms with Crippen LogP contribution in [0.3, 0.4) is 0 Å². The van der Waals surface area contributed by atoms with Crippen molar-refractivity contribution >= 4 is 23.4 Å². The van der Waals surface area contributed by atoms with E-state index in [1.165, 1.54) is 4.90 Å². The van der Waals surface area contributed by atoms with E-state index in [1.807, 2.05) is 62.4 Å². The van der Waals surface area contributed by atoms with Crippen molar-refractivity contribution in [3.05, 3.63) is 65.2 Å². The van der Waals surface area contributed by atoms with Gasteiger partial charge in [0.15, 0.2) is 0 Å². The minimum atomic E-state index is -1.10. The number of nitrogens with one attached hydrogen (secondary N) is 2. The Morgan fingerprint density at radius 1 is 1.17 bits per heavy atom. The summed E-state index contributed by atoms with van der Waals surface area (Å²) in [5.74, 6) is -2.35. The second-order valence-electron chi connectivity index (χ2n) is 10.3. The highest BCUT2D eigenvalue weighted by molar-refractivity contribution is 6.04. The van der Waals surface area contributed by atoms with Crippen LogP contribution in [0.4, 0.5) is 5.69 Å². The topological polar surface area (TPSA) is 108 Å². The van der Waals surface area contributed by atoms with Crippen molar-refractivity contribution in [1.29, 1.82) is 0 Å². The number of carbonyl (C=O) groups is 3. The van der Waals surface area contributed by atoms with E-state index in [1.54, 1.807) is 6.92 Å². The lowest BCUT2D eigenvalue weighted by Gasteiger charge is -2.35. The third kappa shape index (κ3) is 3.89. The first-order valence-corrected chi connectivity index (χ1v) is 12.6. The van der Waals surface area contributed by atoms with Crippen LogP contribution in [-0.4, -0.2) is 58.1 Å². The summed E-state index contributed by atoms with van der Waals surface area (Å²) in [6.45, 7) is 5.63. The third-order valence-electron chi connectivity index (χ3n) is 7.99. The Morgan fingerprint density at radius 3 is 2.64 bits per heavy atom. The van der Waals surface area contributed by atoms with E-state index in [-0.39, 0.29) is 24.3 Å². The molecule has 2 unspecified atom stereocenters. The highest BCUT2D eigenvalue weighted by Gasteiger charge is 2.74. The molecule has 3 fully saturated rings. The van der Waals surface area contributed by atoms with Crippen molar-refractivity contribution in [2.24, 2.45) is 11.8 Å². The van der Waals surface area contributed by atoms with E-state index in [9.17, 15) is 19.5 Å². The number of fused-ring (bicyclic) bond motifs is 1. The van der Waals surface area contributed by atoms with Gasteiger partial charge in [0.05, 0.1) is 30.6 Å². The second kappa shape index (κ2) is 9.33. The molecule has 0 aromatic heterocycles. The molecule has 3 heterocycles. The number of aliphatic hydroxyl groups excluding tert-OH is 1. The van der Waals surface area contributed by atoms with Crippen LogP contribution in [0.25, 0.3) is 0 Å². The molecule has 3 N–H and O–H groups in total. The number of hydrogen-bond acceptors (Lipinski definition) is 5. The Kier molecular flexibility index (Phi) is 6.34. The van der Waals surface area contributed by atoms with Crippen LogP contribution in [0.5, 0.6) is 0 Å². The minimum Gasteiger partial charge on any atom is -0.394 e. The molecule has 3 saturated heterocycles. The van der Waals surface area contributed by atoms with Crippen LogP contribution in [0.15, 0.2) is 48.5 Å². The molecule has 3 aliphatic rings. The number of nitrogens with zero attached hydrogens (tertiary/aromatic N) is 1. The van der Waals surface area contributed by atoms with Gasteiger partial charge in [-0.3, -0.25) is 14.4 Å². The summed E-state index contributed by atoms with van der Waals surface area (Å²) >= 11 is 0. The van der Waals surface area contributed by atoms with Crippen LogP contribution >= 0.6 is 0 Å². The number of carbonyl (C=O) groups excluding carboxylic acids is 3. The predicted molar refractivity (Wildman–Crippen MR) is 134 cm³/mol. The molecule has 36 heavy (non-hydrogen) atoms. The van der Waals surface area contributed by atoms with Gasteiger partial charge in [0.25, 0.3) is 0 Å². The zero-order valence-corrected chi connectivity index (χ0v) is 20.9. The Morgan fingerprint density at radius 2 is 1.92 bits per heavy atom. The van der Waals surface area contributed by atoms with E-state index in [4.69, 9.17) is 4.74 Å². The fraction of sp³-hybridized carbons (Fsp3) is 0.464. The van der Waals surface area contributed by atoms with Gasteiger partial charge in [-0.1, -0.05) is 42.5 Å². The normalized spacial score (nSPS) is 29.2. The monoisotopic (exact) mass is 491 g/mol. The Labute approximate surface area is 211 Å². The number of likely N-dealkylation sites (tertiary alicyclic amines) is 1. The van der Waals surface area contributed by atoms with Crippen LogP contribution in [0.2, 0.25) is 0 Å². The maximum atomic E-state index is 13.8. The van der Waals surface area contributed by atoms with Gasteiger partial charge in [-0.25, -0.2) is 0 Å². The molecule has 6 atom stereocenters. The van der Waals surface area contributed by atoms with Crippen molar-refractivity contribution < 1.29 is 24.2 Å². The molecule has 8 heteroatoms. The third-order valence-corrected chi connectivity index (χ3v) is 7.99. The number of amides is 3. The molecular formula is C28H33N3O5.